The lowest BCUT2D eigenvalue weighted by atomic mass is 10.1. The average molecular weight is 299 g/mol. The molecule has 0 bridgehead atoms. The summed E-state index contributed by atoms with van der Waals surface area (Å²) in [6.07, 6.45) is 1.62. The minimum atomic E-state index is -0.0609. The van der Waals surface area contributed by atoms with Crippen LogP contribution in [0.15, 0.2) is 28.7 Å². The van der Waals surface area contributed by atoms with Gasteiger partial charge in [-0.3, -0.25) is 4.79 Å². The van der Waals surface area contributed by atoms with Crippen LogP contribution < -0.4 is 11.1 Å². The number of carbonyl (C=O) groups excluding carboxylic acids is 1. The third kappa shape index (κ3) is 4.48. The second-order valence-corrected chi connectivity index (χ2v) is 4.83. The van der Waals surface area contributed by atoms with Gasteiger partial charge in [-0.05, 0) is 24.5 Å². The van der Waals surface area contributed by atoms with Gasteiger partial charge in [-0.25, -0.2) is 0 Å². The number of hydrogen-bond acceptors (Lipinski definition) is 2. The number of halogens is 1. The fourth-order valence-corrected chi connectivity index (χ4v) is 2.11. The molecule has 1 atom stereocenters. The smallest absolute Gasteiger partial charge is 0.224 e. The fourth-order valence-electron chi connectivity index (χ4n) is 1.62. The van der Waals surface area contributed by atoms with Crippen LogP contribution in [0.2, 0.25) is 0 Å². The first-order valence-corrected chi connectivity index (χ1v) is 6.69. The van der Waals surface area contributed by atoms with Crippen molar-refractivity contribution in [1.82, 2.24) is 5.32 Å². The van der Waals surface area contributed by atoms with Crippen molar-refractivity contribution in [3.8, 4) is 0 Å². The Kier molecular flexibility index (Phi) is 6.22. The van der Waals surface area contributed by atoms with Gasteiger partial charge in [0.1, 0.15) is 0 Å². The van der Waals surface area contributed by atoms with E-state index in [1.165, 1.54) is 5.56 Å². The molecule has 94 valence electrons. The van der Waals surface area contributed by atoms with Crippen LogP contribution in [0, 0.1) is 5.92 Å². The Labute approximate surface area is 111 Å². The molecule has 0 aliphatic carbocycles. The number of rotatable bonds is 6. The Bertz CT molecular complexity index is 364. The van der Waals surface area contributed by atoms with Crippen molar-refractivity contribution in [1.29, 1.82) is 0 Å². The zero-order valence-electron chi connectivity index (χ0n) is 10.1. The number of amides is 1. The molecule has 3 nitrogen and oxygen atoms in total. The maximum Gasteiger partial charge on any atom is 0.224 e. The Balaban J connectivity index is 2.38. The average Bonchev–Trinajstić information content (AvgIpc) is 2.33. The molecular weight excluding hydrogens is 280 g/mol. The third-order valence-corrected chi connectivity index (χ3v) is 3.57. The molecule has 0 aliphatic rings. The summed E-state index contributed by atoms with van der Waals surface area (Å²) in [5.74, 6) is -0.00346. The molecule has 0 aliphatic heterocycles. The molecule has 4 heteroatoms. The van der Waals surface area contributed by atoms with Crippen LogP contribution in [0.3, 0.4) is 0 Å². The quantitative estimate of drug-likeness (QED) is 0.845. The van der Waals surface area contributed by atoms with Crippen molar-refractivity contribution >= 4 is 21.8 Å². The molecular formula is C13H19BrN2O. The largest absolute Gasteiger partial charge is 0.355 e. The minimum Gasteiger partial charge on any atom is -0.355 e. The number of hydrogen-bond donors (Lipinski definition) is 2. The fraction of sp³-hybridized carbons (Fsp3) is 0.462. The minimum absolute atomic E-state index is 0.0575. The molecule has 1 aromatic carbocycles. The molecule has 0 saturated carbocycles. The molecule has 0 fully saturated rings. The summed E-state index contributed by atoms with van der Waals surface area (Å²) in [5.41, 5.74) is 6.73. The van der Waals surface area contributed by atoms with Gasteiger partial charge < -0.3 is 11.1 Å². The number of nitrogens with one attached hydrogen (secondary N) is 1. The van der Waals surface area contributed by atoms with Crippen molar-refractivity contribution in [3.63, 3.8) is 0 Å². The molecule has 17 heavy (non-hydrogen) atoms. The molecule has 3 N–H and O–H groups in total. The van der Waals surface area contributed by atoms with Gasteiger partial charge in [0.05, 0.1) is 0 Å². The maximum atomic E-state index is 11.7. The van der Waals surface area contributed by atoms with E-state index < -0.39 is 0 Å². The SMILES string of the molecule is CCC(CN)C(=O)NCCc1ccccc1Br. The van der Waals surface area contributed by atoms with Crippen LogP contribution in [0.4, 0.5) is 0 Å². The molecule has 0 heterocycles. The van der Waals surface area contributed by atoms with Crippen LogP contribution in [-0.4, -0.2) is 19.0 Å². The van der Waals surface area contributed by atoms with Gasteiger partial charge in [-0.15, -0.1) is 0 Å². The monoisotopic (exact) mass is 298 g/mol. The Hall–Kier alpha value is -0.870. The first-order valence-electron chi connectivity index (χ1n) is 5.90. The molecule has 1 aromatic rings. The number of benzene rings is 1. The summed E-state index contributed by atoms with van der Waals surface area (Å²) in [5, 5.41) is 2.92. The lowest BCUT2D eigenvalue weighted by Gasteiger charge is -2.12. The van der Waals surface area contributed by atoms with E-state index in [1.54, 1.807) is 0 Å². The van der Waals surface area contributed by atoms with Gasteiger partial charge in [0, 0.05) is 23.5 Å². The van der Waals surface area contributed by atoms with Crippen molar-refractivity contribution in [2.24, 2.45) is 11.7 Å². The topological polar surface area (TPSA) is 55.1 Å². The summed E-state index contributed by atoms with van der Waals surface area (Å²) >= 11 is 3.49. The third-order valence-electron chi connectivity index (χ3n) is 2.80. The summed E-state index contributed by atoms with van der Waals surface area (Å²) in [7, 11) is 0. The standard InChI is InChI=1S/C13H19BrN2O/c1-2-10(9-15)13(17)16-8-7-11-5-3-4-6-12(11)14/h3-6,10H,2,7-9,15H2,1H3,(H,16,17). The molecule has 1 unspecified atom stereocenters. The molecule has 0 saturated heterocycles. The highest BCUT2D eigenvalue weighted by molar-refractivity contribution is 9.10. The predicted molar refractivity (Wildman–Crippen MR) is 73.7 cm³/mol. The maximum absolute atomic E-state index is 11.7. The number of carbonyl (C=O) groups is 1. The lowest BCUT2D eigenvalue weighted by molar-refractivity contribution is -0.124. The predicted octanol–water partition coefficient (Wildman–Crippen LogP) is 2.09. The van der Waals surface area contributed by atoms with E-state index in [4.69, 9.17) is 5.73 Å². The van der Waals surface area contributed by atoms with Crippen LogP contribution in [-0.2, 0) is 11.2 Å². The van der Waals surface area contributed by atoms with Crippen molar-refractivity contribution in [2.45, 2.75) is 19.8 Å². The normalized spacial score (nSPS) is 12.2. The summed E-state index contributed by atoms with van der Waals surface area (Å²) < 4.78 is 1.08. The van der Waals surface area contributed by atoms with Crippen LogP contribution in [0.1, 0.15) is 18.9 Å². The van der Waals surface area contributed by atoms with E-state index in [2.05, 4.69) is 27.3 Å². The van der Waals surface area contributed by atoms with Gasteiger partial charge in [-0.2, -0.15) is 0 Å². The molecule has 1 amide bonds. The van der Waals surface area contributed by atoms with Gasteiger partial charge in [-0.1, -0.05) is 41.1 Å². The van der Waals surface area contributed by atoms with E-state index in [1.807, 2.05) is 25.1 Å². The van der Waals surface area contributed by atoms with Crippen LogP contribution in [0.5, 0.6) is 0 Å². The van der Waals surface area contributed by atoms with Crippen LogP contribution in [0.25, 0.3) is 0 Å². The van der Waals surface area contributed by atoms with Gasteiger partial charge in [0.25, 0.3) is 0 Å². The highest BCUT2D eigenvalue weighted by Gasteiger charge is 2.13. The van der Waals surface area contributed by atoms with Gasteiger partial charge in [0.15, 0.2) is 0 Å². The van der Waals surface area contributed by atoms with Crippen molar-refractivity contribution in [2.75, 3.05) is 13.1 Å². The van der Waals surface area contributed by atoms with Crippen molar-refractivity contribution in [3.05, 3.63) is 34.3 Å². The molecule has 0 radical (unpaired) electrons. The lowest BCUT2D eigenvalue weighted by Crippen LogP contribution is -2.35. The van der Waals surface area contributed by atoms with Crippen LogP contribution >= 0.6 is 15.9 Å². The van der Waals surface area contributed by atoms with E-state index in [0.717, 1.165) is 17.3 Å². The summed E-state index contributed by atoms with van der Waals surface area (Å²) in [6.45, 7) is 3.04. The molecule has 0 spiro atoms. The Morgan fingerprint density at radius 3 is 2.76 bits per heavy atom. The highest BCUT2D eigenvalue weighted by atomic mass is 79.9. The second-order valence-electron chi connectivity index (χ2n) is 3.97. The molecule has 1 rings (SSSR count). The van der Waals surface area contributed by atoms with Crippen molar-refractivity contribution < 1.29 is 4.79 Å². The highest BCUT2D eigenvalue weighted by Crippen LogP contribution is 2.15. The van der Waals surface area contributed by atoms with E-state index in [-0.39, 0.29) is 11.8 Å². The summed E-state index contributed by atoms with van der Waals surface area (Å²) in [4.78, 5) is 11.7. The van der Waals surface area contributed by atoms with E-state index in [9.17, 15) is 4.79 Å². The Morgan fingerprint density at radius 2 is 2.18 bits per heavy atom. The van der Waals surface area contributed by atoms with Gasteiger partial charge in [0.2, 0.25) is 5.91 Å². The van der Waals surface area contributed by atoms with E-state index >= 15 is 0 Å². The van der Waals surface area contributed by atoms with E-state index in [0.29, 0.717) is 13.1 Å². The zero-order chi connectivity index (χ0) is 12.7. The Morgan fingerprint density at radius 1 is 1.47 bits per heavy atom. The number of nitrogens with two attached hydrogens (primary N) is 1. The summed E-state index contributed by atoms with van der Waals surface area (Å²) in [6, 6.07) is 8.03. The first-order chi connectivity index (χ1) is 8.19. The molecule has 0 aromatic heterocycles. The van der Waals surface area contributed by atoms with Gasteiger partial charge >= 0.3 is 0 Å². The zero-order valence-corrected chi connectivity index (χ0v) is 11.7. The first kappa shape index (κ1) is 14.2. The second kappa shape index (κ2) is 7.45.